The Labute approximate surface area is 106 Å². The molecule has 1 rings (SSSR count). The fraction of sp³-hybridized carbons (Fsp3) is 0.933. The molecule has 3 unspecified atom stereocenters. The Balaban J connectivity index is 2.54. The van der Waals surface area contributed by atoms with Crippen molar-refractivity contribution in [2.24, 2.45) is 29.4 Å². The summed E-state index contributed by atoms with van der Waals surface area (Å²) >= 11 is 0. The van der Waals surface area contributed by atoms with Crippen molar-refractivity contribution in [3.8, 4) is 0 Å². The van der Waals surface area contributed by atoms with E-state index in [1.54, 1.807) is 0 Å². The van der Waals surface area contributed by atoms with Crippen molar-refractivity contribution in [1.82, 2.24) is 0 Å². The summed E-state index contributed by atoms with van der Waals surface area (Å²) in [4.78, 5) is 12.4. The third-order valence-electron chi connectivity index (χ3n) is 4.21. The Bertz CT molecular complexity index is 237. The average molecular weight is 239 g/mol. The zero-order chi connectivity index (χ0) is 12.8. The number of carbonyl (C=O) groups excluding carboxylic acids is 1. The van der Waals surface area contributed by atoms with Gasteiger partial charge in [0.2, 0.25) is 0 Å². The lowest BCUT2D eigenvalue weighted by Crippen LogP contribution is -2.33. The van der Waals surface area contributed by atoms with Crippen LogP contribution in [0.15, 0.2) is 0 Å². The van der Waals surface area contributed by atoms with Gasteiger partial charge in [-0.2, -0.15) is 0 Å². The maximum absolute atomic E-state index is 12.4. The highest BCUT2D eigenvalue weighted by Crippen LogP contribution is 2.33. The summed E-state index contributed by atoms with van der Waals surface area (Å²) in [7, 11) is 0. The summed E-state index contributed by atoms with van der Waals surface area (Å²) in [6.45, 7) is 7.12. The second kappa shape index (κ2) is 7.15. The third kappa shape index (κ3) is 4.42. The molecule has 17 heavy (non-hydrogen) atoms. The summed E-state index contributed by atoms with van der Waals surface area (Å²) in [6, 6.07) is 0. The first-order valence-electron chi connectivity index (χ1n) is 7.32. The van der Waals surface area contributed by atoms with E-state index in [0.29, 0.717) is 24.2 Å². The molecular formula is C15H29NO. The van der Waals surface area contributed by atoms with Crippen LogP contribution in [0.2, 0.25) is 0 Å². The Kier molecular flexibility index (Phi) is 6.18. The molecule has 0 amide bonds. The zero-order valence-corrected chi connectivity index (χ0v) is 11.7. The Morgan fingerprint density at radius 1 is 1.35 bits per heavy atom. The average Bonchev–Trinajstić information content (AvgIpc) is 2.35. The molecule has 3 atom stereocenters. The van der Waals surface area contributed by atoms with Gasteiger partial charge in [-0.05, 0) is 31.1 Å². The van der Waals surface area contributed by atoms with Crippen LogP contribution >= 0.6 is 0 Å². The van der Waals surface area contributed by atoms with Gasteiger partial charge in [0.1, 0.15) is 5.78 Å². The third-order valence-corrected chi connectivity index (χ3v) is 4.21. The Morgan fingerprint density at radius 2 is 2.06 bits per heavy atom. The van der Waals surface area contributed by atoms with Gasteiger partial charge in [-0.1, -0.05) is 40.0 Å². The number of Topliss-reactive ketones (excluding diaryl/α,β-unsaturated/α-hetero) is 1. The maximum Gasteiger partial charge on any atom is 0.140 e. The van der Waals surface area contributed by atoms with Crippen LogP contribution in [0, 0.1) is 23.7 Å². The molecule has 0 aromatic rings. The molecular weight excluding hydrogens is 210 g/mol. The lowest BCUT2D eigenvalue weighted by Gasteiger charge is -2.30. The highest BCUT2D eigenvalue weighted by molar-refractivity contribution is 5.83. The van der Waals surface area contributed by atoms with Crippen LogP contribution in [0.4, 0.5) is 0 Å². The summed E-state index contributed by atoms with van der Waals surface area (Å²) in [5.74, 6) is 2.21. The molecule has 1 aliphatic carbocycles. The molecule has 0 heterocycles. The summed E-state index contributed by atoms with van der Waals surface area (Å²) < 4.78 is 0. The van der Waals surface area contributed by atoms with Gasteiger partial charge in [-0.25, -0.2) is 0 Å². The molecule has 2 nitrogen and oxygen atoms in total. The minimum Gasteiger partial charge on any atom is -0.330 e. The van der Waals surface area contributed by atoms with Gasteiger partial charge in [-0.3, -0.25) is 4.79 Å². The van der Waals surface area contributed by atoms with E-state index in [0.717, 1.165) is 25.2 Å². The summed E-state index contributed by atoms with van der Waals surface area (Å²) in [5, 5.41) is 0. The summed E-state index contributed by atoms with van der Waals surface area (Å²) in [5.41, 5.74) is 5.77. The topological polar surface area (TPSA) is 43.1 Å². The van der Waals surface area contributed by atoms with Crippen LogP contribution in [0.5, 0.6) is 0 Å². The predicted molar refractivity (Wildman–Crippen MR) is 72.7 cm³/mol. The van der Waals surface area contributed by atoms with E-state index in [-0.39, 0.29) is 5.92 Å². The SMILES string of the molecule is CCC1CCCC(C(=O)C(CN)CC(C)C)C1. The molecule has 0 spiro atoms. The van der Waals surface area contributed by atoms with E-state index in [1.165, 1.54) is 19.3 Å². The van der Waals surface area contributed by atoms with Crippen LogP contribution in [0.25, 0.3) is 0 Å². The van der Waals surface area contributed by atoms with E-state index in [1.807, 2.05) is 0 Å². The van der Waals surface area contributed by atoms with Gasteiger partial charge in [0.15, 0.2) is 0 Å². The molecule has 0 bridgehead atoms. The number of nitrogens with two attached hydrogens (primary N) is 1. The molecule has 0 saturated heterocycles. The molecule has 100 valence electrons. The van der Waals surface area contributed by atoms with Gasteiger partial charge in [0.25, 0.3) is 0 Å². The van der Waals surface area contributed by atoms with Crippen molar-refractivity contribution in [2.75, 3.05) is 6.54 Å². The van der Waals surface area contributed by atoms with Crippen molar-refractivity contribution in [3.05, 3.63) is 0 Å². The van der Waals surface area contributed by atoms with E-state index in [4.69, 9.17) is 5.73 Å². The van der Waals surface area contributed by atoms with E-state index in [2.05, 4.69) is 20.8 Å². The van der Waals surface area contributed by atoms with Crippen molar-refractivity contribution in [2.45, 2.75) is 59.3 Å². The van der Waals surface area contributed by atoms with Gasteiger partial charge in [0, 0.05) is 18.4 Å². The normalized spacial score (nSPS) is 27.1. The number of rotatable bonds is 6. The van der Waals surface area contributed by atoms with E-state index >= 15 is 0 Å². The van der Waals surface area contributed by atoms with Crippen molar-refractivity contribution < 1.29 is 4.79 Å². The minimum absolute atomic E-state index is 0.107. The number of ketones is 1. The van der Waals surface area contributed by atoms with Crippen molar-refractivity contribution in [1.29, 1.82) is 0 Å². The number of hydrogen-bond donors (Lipinski definition) is 1. The van der Waals surface area contributed by atoms with Crippen LogP contribution in [0.1, 0.15) is 59.3 Å². The standard InChI is InChI=1S/C15H29NO/c1-4-12-6-5-7-13(9-12)15(17)14(10-16)8-11(2)3/h11-14H,4-10,16H2,1-3H3. The van der Waals surface area contributed by atoms with Gasteiger partial charge in [-0.15, -0.1) is 0 Å². The Morgan fingerprint density at radius 3 is 2.59 bits per heavy atom. The molecule has 1 saturated carbocycles. The molecule has 0 aliphatic heterocycles. The smallest absolute Gasteiger partial charge is 0.140 e. The predicted octanol–water partition coefficient (Wildman–Crippen LogP) is 3.39. The quantitative estimate of drug-likeness (QED) is 0.772. The fourth-order valence-electron chi connectivity index (χ4n) is 3.15. The minimum atomic E-state index is 0.107. The van der Waals surface area contributed by atoms with Crippen molar-refractivity contribution in [3.63, 3.8) is 0 Å². The van der Waals surface area contributed by atoms with Gasteiger partial charge >= 0.3 is 0 Å². The fourth-order valence-corrected chi connectivity index (χ4v) is 3.15. The van der Waals surface area contributed by atoms with Crippen LogP contribution in [-0.2, 0) is 4.79 Å². The van der Waals surface area contributed by atoms with Gasteiger partial charge in [0.05, 0.1) is 0 Å². The van der Waals surface area contributed by atoms with Gasteiger partial charge < -0.3 is 5.73 Å². The van der Waals surface area contributed by atoms with E-state index in [9.17, 15) is 4.79 Å². The monoisotopic (exact) mass is 239 g/mol. The molecule has 2 heteroatoms. The largest absolute Gasteiger partial charge is 0.330 e. The number of hydrogen-bond acceptors (Lipinski definition) is 2. The van der Waals surface area contributed by atoms with Crippen LogP contribution in [0.3, 0.4) is 0 Å². The second-order valence-electron chi connectivity index (χ2n) is 6.10. The molecule has 1 aliphatic rings. The molecule has 1 fully saturated rings. The highest BCUT2D eigenvalue weighted by Gasteiger charge is 2.30. The maximum atomic E-state index is 12.4. The Hall–Kier alpha value is -0.370. The highest BCUT2D eigenvalue weighted by atomic mass is 16.1. The first-order valence-corrected chi connectivity index (χ1v) is 7.32. The first-order chi connectivity index (χ1) is 8.08. The van der Waals surface area contributed by atoms with Crippen LogP contribution < -0.4 is 5.73 Å². The summed E-state index contributed by atoms with van der Waals surface area (Å²) in [6.07, 6.45) is 6.95. The molecule has 0 aromatic heterocycles. The zero-order valence-electron chi connectivity index (χ0n) is 11.7. The molecule has 2 N–H and O–H groups in total. The lowest BCUT2D eigenvalue weighted by molar-refractivity contribution is -0.128. The molecule has 0 aromatic carbocycles. The van der Waals surface area contributed by atoms with E-state index < -0.39 is 0 Å². The lowest BCUT2D eigenvalue weighted by atomic mass is 9.74. The van der Waals surface area contributed by atoms with Crippen molar-refractivity contribution >= 4 is 5.78 Å². The van der Waals surface area contributed by atoms with Crippen LogP contribution in [-0.4, -0.2) is 12.3 Å². The molecule has 0 radical (unpaired) electrons. The number of carbonyl (C=O) groups is 1. The second-order valence-corrected chi connectivity index (χ2v) is 6.10. The first kappa shape index (κ1) is 14.7.